The summed E-state index contributed by atoms with van der Waals surface area (Å²) in [5.41, 5.74) is 1.59. The Bertz CT molecular complexity index is 716. The molecule has 6 nitrogen and oxygen atoms in total. The summed E-state index contributed by atoms with van der Waals surface area (Å²) in [4.78, 5) is 30.0. The molecule has 0 unspecified atom stereocenters. The number of amides is 2. The second-order valence-electron chi connectivity index (χ2n) is 5.49. The molecule has 0 radical (unpaired) electrons. The zero-order valence-electron chi connectivity index (χ0n) is 13.4. The lowest BCUT2D eigenvalue weighted by atomic mass is 10.2. The van der Waals surface area contributed by atoms with Crippen LogP contribution in [-0.4, -0.2) is 29.4 Å². The Hall–Kier alpha value is -2.73. The summed E-state index contributed by atoms with van der Waals surface area (Å²) in [5, 5.41) is 3.14. The van der Waals surface area contributed by atoms with Crippen LogP contribution in [0.15, 0.2) is 48.8 Å². The molecule has 1 aliphatic rings. The molecule has 0 spiro atoms. The summed E-state index contributed by atoms with van der Waals surface area (Å²) >= 11 is 0. The van der Waals surface area contributed by atoms with E-state index >= 15 is 0 Å². The normalized spacial score (nSPS) is 17.4. The number of carbonyl (C=O) groups excluding carboxylic acids is 2. The number of pyridine rings is 1. The van der Waals surface area contributed by atoms with Gasteiger partial charge >= 0.3 is 0 Å². The Kier molecular flexibility index (Phi) is 4.86. The molecular formula is C18H19N3O3. The van der Waals surface area contributed by atoms with Crippen molar-refractivity contribution < 1.29 is 14.3 Å². The Morgan fingerprint density at radius 2 is 1.88 bits per heavy atom. The molecule has 124 valence electrons. The zero-order chi connectivity index (χ0) is 16.9. The number of hydrogen-bond donors (Lipinski definition) is 1. The average molecular weight is 325 g/mol. The van der Waals surface area contributed by atoms with Gasteiger partial charge in [0.15, 0.2) is 0 Å². The molecule has 2 amide bonds. The largest absolute Gasteiger partial charge is 0.494 e. The fourth-order valence-electron chi connectivity index (χ4n) is 2.66. The number of benzene rings is 1. The molecule has 1 aliphatic heterocycles. The van der Waals surface area contributed by atoms with Gasteiger partial charge in [-0.1, -0.05) is 0 Å². The summed E-state index contributed by atoms with van der Waals surface area (Å²) in [6.45, 7) is 2.99. The van der Waals surface area contributed by atoms with Gasteiger partial charge in [-0.2, -0.15) is 0 Å². The molecule has 1 atom stereocenters. The van der Waals surface area contributed by atoms with Crippen molar-refractivity contribution in [3.8, 4) is 5.75 Å². The first-order chi connectivity index (χ1) is 11.7. The number of imide groups is 1. The number of aromatic nitrogens is 1. The molecule has 0 saturated carbocycles. The number of ether oxygens (including phenoxy) is 1. The highest BCUT2D eigenvalue weighted by atomic mass is 16.5. The number of carbonyl (C=O) groups is 2. The third-order valence-electron chi connectivity index (χ3n) is 3.85. The van der Waals surface area contributed by atoms with Gasteiger partial charge in [0.1, 0.15) is 5.75 Å². The van der Waals surface area contributed by atoms with Crippen LogP contribution in [-0.2, 0) is 16.1 Å². The lowest BCUT2D eigenvalue weighted by molar-refractivity contribution is -0.121. The van der Waals surface area contributed by atoms with Crippen LogP contribution in [0.1, 0.15) is 18.9 Å². The van der Waals surface area contributed by atoms with E-state index in [9.17, 15) is 9.59 Å². The van der Waals surface area contributed by atoms with E-state index in [2.05, 4.69) is 10.3 Å². The highest BCUT2D eigenvalue weighted by molar-refractivity contribution is 6.22. The van der Waals surface area contributed by atoms with Crippen LogP contribution in [0.4, 0.5) is 5.69 Å². The molecule has 1 saturated heterocycles. The van der Waals surface area contributed by atoms with Gasteiger partial charge < -0.3 is 10.1 Å². The molecule has 1 aromatic carbocycles. The van der Waals surface area contributed by atoms with Gasteiger partial charge in [0.2, 0.25) is 5.91 Å². The molecule has 3 rings (SSSR count). The van der Waals surface area contributed by atoms with Crippen LogP contribution in [0, 0.1) is 0 Å². The predicted molar refractivity (Wildman–Crippen MR) is 89.6 cm³/mol. The van der Waals surface area contributed by atoms with Gasteiger partial charge in [0, 0.05) is 18.9 Å². The van der Waals surface area contributed by atoms with Crippen LogP contribution in [0.5, 0.6) is 5.75 Å². The maximum atomic E-state index is 12.5. The quantitative estimate of drug-likeness (QED) is 0.821. The maximum absolute atomic E-state index is 12.5. The molecule has 0 aliphatic carbocycles. The van der Waals surface area contributed by atoms with Crippen molar-refractivity contribution in [2.24, 2.45) is 0 Å². The van der Waals surface area contributed by atoms with Crippen molar-refractivity contribution in [1.82, 2.24) is 10.3 Å². The average Bonchev–Trinajstić information content (AvgIpc) is 2.89. The van der Waals surface area contributed by atoms with Crippen molar-refractivity contribution in [2.45, 2.75) is 25.9 Å². The van der Waals surface area contributed by atoms with Crippen molar-refractivity contribution in [3.63, 3.8) is 0 Å². The number of nitrogens with zero attached hydrogens (tertiary/aromatic N) is 2. The Morgan fingerprint density at radius 3 is 2.54 bits per heavy atom. The van der Waals surface area contributed by atoms with Gasteiger partial charge in [-0.05, 0) is 48.9 Å². The van der Waals surface area contributed by atoms with Crippen LogP contribution in [0.2, 0.25) is 0 Å². The topological polar surface area (TPSA) is 71.5 Å². The second-order valence-corrected chi connectivity index (χ2v) is 5.49. The minimum atomic E-state index is -0.503. The molecule has 2 heterocycles. The minimum absolute atomic E-state index is 0.164. The van der Waals surface area contributed by atoms with Crippen LogP contribution in [0.3, 0.4) is 0 Å². The minimum Gasteiger partial charge on any atom is -0.494 e. The first-order valence-electron chi connectivity index (χ1n) is 7.91. The van der Waals surface area contributed by atoms with E-state index in [1.807, 2.05) is 19.1 Å². The van der Waals surface area contributed by atoms with Gasteiger partial charge in [-0.25, -0.2) is 4.90 Å². The van der Waals surface area contributed by atoms with E-state index in [1.165, 1.54) is 4.90 Å². The molecule has 2 aromatic rings. The maximum Gasteiger partial charge on any atom is 0.251 e. The molecule has 6 heteroatoms. The lowest BCUT2D eigenvalue weighted by Crippen LogP contribution is -2.38. The first kappa shape index (κ1) is 16.1. The van der Waals surface area contributed by atoms with Crippen LogP contribution in [0.25, 0.3) is 0 Å². The van der Waals surface area contributed by atoms with E-state index in [4.69, 9.17) is 4.74 Å². The van der Waals surface area contributed by atoms with Crippen molar-refractivity contribution >= 4 is 17.5 Å². The SMILES string of the molecule is CCOc1ccc(N2C(=O)C[C@H](NCc3ccncc3)C2=O)cc1. The summed E-state index contributed by atoms with van der Waals surface area (Å²) < 4.78 is 5.38. The number of hydrogen-bond acceptors (Lipinski definition) is 5. The smallest absolute Gasteiger partial charge is 0.251 e. The third-order valence-corrected chi connectivity index (χ3v) is 3.85. The summed E-state index contributed by atoms with van der Waals surface area (Å²) in [7, 11) is 0. The molecule has 1 aromatic heterocycles. The standard InChI is InChI=1S/C18H19N3O3/c1-2-24-15-5-3-14(4-6-15)21-17(22)11-16(18(21)23)20-12-13-7-9-19-10-8-13/h3-10,16,20H,2,11-12H2,1H3/t16-/m0/s1. The third kappa shape index (κ3) is 3.44. The van der Waals surface area contributed by atoms with Gasteiger partial charge in [-0.3, -0.25) is 14.6 Å². The van der Waals surface area contributed by atoms with E-state index in [0.29, 0.717) is 24.6 Å². The molecular weight excluding hydrogens is 306 g/mol. The van der Waals surface area contributed by atoms with E-state index < -0.39 is 6.04 Å². The summed E-state index contributed by atoms with van der Waals surface area (Å²) in [6.07, 6.45) is 3.56. The zero-order valence-corrected chi connectivity index (χ0v) is 13.4. The van der Waals surface area contributed by atoms with Crippen molar-refractivity contribution in [1.29, 1.82) is 0 Å². The Balaban J connectivity index is 1.67. The predicted octanol–water partition coefficient (Wildman–Crippen LogP) is 1.90. The monoisotopic (exact) mass is 325 g/mol. The summed E-state index contributed by atoms with van der Waals surface area (Å²) in [5.74, 6) is 0.294. The van der Waals surface area contributed by atoms with Gasteiger partial charge in [-0.15, -0.1) is 0 Å². The molecule has 24 heavy (non-hydrogen) atoms. The number of nitrogens with one attached hydrogen (secondary N) is 1. The second kappa shape index (κ2) is 7.23. The highest BCUT2D eigenvalue weighted by Gasteiger charge is 2.39. The van der Waals surface area contributed by atoms with Gasteiger partial charge in [0.25, 0.3) is 5.91 Å². The molecule has 1 fully saturated rings. The van der Waals surface area contributed by atoms with E-state index in [0.717, 1.165) is 5.56 Å². The van der Waals surface area contributed by atoms with Crippen molar-refractivity contribution in [2.75, 3.05) is 11.5 Å². The van der Waals surface area contributed by atoms with E-state index in [1.54, 1.807) is 36.7 Å². The Labute approximate surface area is 140 Å². The van der Waals surface area contributed by atoms with Gasteiger partial charge in [0.05, 0.1) is 24.8 Å². The van der Waals surface area contributed by atoms with E-state index in [-0.39, 0.29) is 18.2 Å². The molecule has 1 N–H and O–H groups in total. The Morgan fingerprint density at radius 1 is 1.17 bits per heavy atom. The molecule has 0 bridgehead atoms. The van der Waals surface area contributed by atoms with Crippen LogP contribution < -0.4 is 15.0 Å². The fraction of sp³-hybridized carbons (Fsp3) is 0.278. The van der Waals surface area contributed by atoms with Crippen LogP contribution >= 0.6 is 0 Å². The number of anilines is 1. The number of rotatable bonds is 6. The first-order valence-corrected chi connectivity index (χ1v) is 7.91. The fourth-order valence-corrected chi connectivity index (χ4v) is 2.66. The summed E-state index contributed by atoms with van der Waals surface area (Å²) in [6, 6.07) is 10.2. The highest BCUT2D eigenvalue weighted by Crippen LogP contribution is 2.25. The lowest BCUT2D eigenvalue weighted by Gasteiger charge is -2.16. The van der Waals surface area contributed by atoms with Crippen molar-refractivity contribution in [3.05, 3.63) is 54.4 Å².